The van der Waals surface area contributed by atoms with E-state index in [4.69, 9.17) is 4.74 Å². The highest BCUT2D eigenvalue weighted by Crippen LogP contribution is 2.29. The first-order valence-electron chi connectivity index (χ1n) is 6.94. The maximum absolute atomic E-state index is 13.3. The summed E-state index contributed by atoms with van der Waals surface area (Å²) in [5.74, 6) is 0. The van der Waals surface area contributed by atoms with Crippen molar-refractivity contribution in [2.45, 2.75) is 31.9 Å². The quantitative estimate of drug-likeness (QED) is 0.935. The van der Waals surface area contributed by atoms with Crippen molar-refractivity contribution in [1.82, 2.24) is 4.98 Å². The Labute approximate surface area is 126 Å². The number of nitrogens with zero attached hydrogens (tertiary/aromatic N) is 1. The topological polar surface area (TPSA) is 34.2 Å². The third-order valence-corrected chi connectivity index (χ3v) is 3.65. The van der Waals surface area contributed by atoms with Crippen molar-refractivity contribution in [2.24, 2.45) is 0 Å². The summed E-state index contributed by atoms with van der Waals surface area (Å²) >= 11 is 0. The van der Waals surface area contributed by atoms with Gasteiger partial charge in [0.25, 0.3) is 0 Å². The van der Waals surface area contributed by atoms with Crippen LogP contribution < -0.4 is 5.32 Å². The first kappa shape index (κ1) is 14.8. The van der Waals surface area contributed by atoms with E-state index in [1.165, 1.54) is 12.4 Å². The summed E-state index contributed by atoms with van der Waals surface area (Å²) in [5.41, 5.74) is 3.02. The van der Waals surface area contributed by atoms with E-state index in [1.54, 1.807) is 24.3 Å². The summed E-state index contributed by atoms with van der Waals surface area (Å²) in [5, 5.41) is 2.60. The molecule has 0 bridgehead atoms. The minimum atomic E-state index is -4.33. The average Bonchev–Trinajstić information content (AvgIpc) is 2.94. The molecule has 0 saturated heterocycles. The molecule has 3 nitrogen and oxygen atoms in total. The molecule has 0 spiro atoms. The Kier molecular flexibility index (Phi) is 4.02. The van der Waals surface area contributed by atoms with Gasteiger partial charge in [-0.3, -0.25) is 4.98 Å². The molecule has 0 fully saturated rings. The van der Waals surface area contributed by atoms with Gasteiger partial charge in [0.2, 0.25) is 0 Å². The van der Waals surface area contributed by atoms with Gasteiger partial charge >= 0.3 is 6.18 Å². The standard InChI is InChI=1S/C16H15F3N2O/c17-16(18,19)15(7-11-3-5-20-6-4-11)21-14-2-1-12-9-22-10-13(12)8-14/h1-6,8,15,21H,7,9-10H2. The first-order valence-corrected chi connectivity index (χ1v) is 6.94. The molecule has 6 heteroatoms. The van der Waals surface area contributed by atoms with E-state index >= 15 is 0 Å². The first-order chi connectivity index (χ1) is 10.5. The molecule has 0 aliphatic carbocycles. The summed E-state index contributed by atoms with van der Waals surface area (Å²) in [6, 6.07) is 6.75. The molecule has 1 aromatic carbocycles. The van der Waals surface area contributed by atoms with Crippen LogP contribution in [0.1, 0.15) is 16.7 Å². The SMILES string of the molecule is FC(F)(F)C(Cc1ccncc1)Nc1ccc2c(c1)COC2. The number of hydrogen-bond donors (Lipinski definition) is 1. The van der Waals surface area contributed by atoms with Crippen molar-refractivity contribution in [2.75, 3.05) is 5.32 Å². The number of hydrogen-bond acceptors (Lipinski definition) is 3. The van der Waals surface area contributed by atoms with Gasteiger partial charge in [-0.25, -0.2) is 0 Å². The van der Waals surface area contributed by atoms with Gasteiger partial charge in [-0.05, 0) is 41.0 Å². The molecule has 0 saturated carbocycles. The lowest BCUT2D eigenvalue weighted by molar-refractivity contribution is -0.142. The number of ether oxygens (including phenoxy) is 1. The van der Waals surface area contributed by atoms with E-state index in [0.29, 0.717) is 24.5 Å². The van der Waals surface area contributed by atoms with Crippen molar-refractivity contribution in [3.63, 3.8) is 0 Å². The van der Waals surface area contributed by atoms with Crippen LogP contribution in [0, 0.1) is 0 Å². The Hall–Kier alpha value is -2.08. The van der Waals surface area contributed by atoms with Crippen LogP contribution in [0.25, 0.3) is 0 Å². The van der Waals surface area contributed by atoms with Crippen LogP contribution in [0.5, 0.6) is 0 Å². The van der Waals surface area contributed by atoms with Gasteiger partial charge in [-0.1, -0.05) is 6.07 Å². The van der Waals surface area contributed by atoms with Gasteiger partial charge in [-0.15, -0.1) is 0 Å². The fourth-order valence-corrected chi connectivity index (χ4v) is 2.47. The van der Waals surface area contributed by atoms with Crippen molar-refractivity contribution in [3.05, 3.63) is 59.4 Å². The predicted octanol–water partition coefficient (Wildman–Crippen LogP) is 3.70. The molecule has 0 radical (unpaired) electrons. The van der Waals surface area contributed by atoms with Crippen LogP contribution in [0.4, 0.5) is 18.9 Å². The Balaban J connectivity index is 1.78. The third-order valence-electron chi connectivity index (χ3n) is 3.65. The predicted molar refractivity (Wildman–Crippen MR) is 76.3 cm³/mol. The fourth-order valence-electron chi connectivity index (χ4n) is 2.47. The number of halogens is 3. The summed E-state index contributed by atoms with van der Waals surface area (Å²) in [6.45, 7) is 0.973. The molecule has 1 N–H and O–H groups in total. The van der Waals surface area contributed by atoms with E-state index in [1.807, 2.05) is 6.07 Å². The number of nitrogens with one attached hydrogen (secondary N) is 1. The van der Waals surface area contributed by atoms with Gasteiger partial charge in [0.15, 0.2) is 0 Å². The third kappa shape index (κ3) is 3.39. The zero-order valence-corrected chi connectivity index (χ0v) is 11.7. The molecule has 116 valence electrons. The second-order valence-corrected chi connectivity index (χ2v) is 5.27. The summed E-state index contributed by atoms with van der Waals surface area (Å²) in [6.07, 6.45) is -1.48. The van der Waals surface area contributed by atoms with Gasteiger partial charge in [0.1, 0.15) is 6.04 Å². The largest absolute Gasteiger partial charge is 0.408 e. The Bertz CT molecular complexity index is 644. The molecule has 0 amide bonds. The highest BCUT2D eigenvalue weighted by molar-refractivity contribution is 5.50. The summed E-state index contributed by atoms with van der Waals surface area (Å²) in [7, 11) is 0. The molecule has 2 aromatic rings. The van der Waals surface area contributed by atoms with E-state index in [9.17, 15) is 13.2 Å². The smallest absolute Gasteiger partial charge is 0.374 e. The lowest BCUT2D eigenvalue weighted by atomic mass is 10.1. The van der Waals surface area contributed by atoms with Crippen LogP contribution in [0.2, 0.25) is 0 Å². The molecular formula is C16H15F3N2O. The maximum atomic E-state index is 13.3. The minimum absolute atomic E-state index is 0.139. The minimum Gasteiger partial charge on any atom is -0.374 e. The van der Waals surface area contributed by atoms with Gasteiger partial charge in [-0.2, -0.15) is 13.2 Å². The Morgan fingerprint density at radius 1 is 1.09 bits per heavy atom. The fraction of sp³-hybridized carbons (Fsp3) is 0.312. The highest BCUT2D eigenvalue weighted by Gasteiger charge is 2.39. The molecule has 1 unspecified atom stereocenters. The van der Waals surface area contributed by atoms with E-state index in [2.05, 4.69) is 10.3 Å². The molecule has 1 aromatic heterocycles. The van der Waals surface area contributed by atoms with Gasteiger partial charge < -0.3 is 10.1 Å². The van der Waals surface area contributed by atoms with Crippen LogP contribution in [-0.2, 0) is 24.4 Å². The molecule has 1 aliphatic heterocycles. The second-order valence-electron chi connectivity index (χ2n) is 5.27. The highest BCUT2D eigenvalue weighted by atomic mass is 19.4. The number of rotatable bonds is 4. The summed E-state index contributed by atoms with van der Waals surface area (Å²) in [4.78, 5) is 3.82. The number of pyridine rings is 1. The lowest BCUT2D eigenvalue weighted by Crippen LogP contribution is -2.38. The van der Waals surface area contributed by atoms with E-state index < -0.39 is 12.2 Å². The van der Waals surface area contributed by atoms with Crippen LogP contribution in [0.15, 0.2) is 42.7 Å². The van der Waals surface area contributed by atoms with E-state index in [0.717, 1.165) is 11.1 Å². The molecule has 1 atom stereocenters. The Morgan fingerprint density at radius 2 is 1.82 bits per heavy atom. The second kappa shape index (κ2) is 5.96. The number of aromatic nitrogens is 1. The number of benzene rings is 1. The average molecular weight is 308 g/mol. The zero-order chi connectivity index (χ0) is 15.6. The van der Waals surface area contributed by atoms with Crippen molar-refractivity contribution in [3.8, 4) is 0 Å². The number of alkyl halides is 3. The zero-order valence-electron chi connectivity index (χ0n) is 11.7. The Morgan fingerprint density at radius 3 is 2.55 bits per heavy atom. The molecular weight excluding hydrogens is 293 g/mol. The van der Waals surface area contributed by atoms with Gasteiger partial charge in [0.05, 0.1) is 13.2 Å². The molecule has 1 aliphatic rings. The van der Waals surface area contributed by atoms with Crippen LogP contribution >= 0.6 is 0 Å². The molecule has 22 heavy (non-hydrogen) atoms. The maximum Gasteiger partial charge on any atom is 0.408 e. The summed E-state index contributed by atoms with van der Waals surface area (Å²) < 4.78 is 45.1. The number of fused-ring (bicyclic) bond motifs is 1. The molecule has 2 heterocycles. The van der Waals surface area contributed by atoms with E-state index in [-0.39, 0.29) is 6.42 Å². The van der Waals surface area contributed by atoms with Crippen LogP contribution in [-0.4, -0.2) is 17.2 Å². The van der Waals surface area contributed by atoms with Gasteiger partial charge in [0, 0.05) is 24.5 Å². The van der Waals surface area contributed by atoms with Crippen molar-refractivity contribution in [1.29, 1.82) is 0 Å². The normalized spacial score (nSPS) is 15.4. The number of anilines is 1. The molecule has 3 rings (SSSR count). The monoisotopic (exact) mass is 308 g/mol. The van der Waals surface area contributed by atoms with Crippen LogP contribution in [0.3, 0.4) is 0 Å². The lowest BCUT2D eigenvalue weighted by Gasteiger charge is -2.23. The van der Waals surface area contributed by atoms with Crippen molar-refractivity contribution < 1.29 is 17.9 Å². The van der Waals surface area contributed by atoms with Crippen molar-refractivity contribution >= 4 is 5.69 Å².